The van der Waals surface area contributed by atoms with Gasteiger partial charge >= 0.3 is 29.8 Å². The fourth-order valence-corrected chi connectivity index (χ4v) is 6.10. The molecule has 2 aliphatic rings. The average molecular weight is 599 g/mol. The summed E-state index contributed by atoms with van der Waals surface area (Å²) in [5.41, 5.74) is 0.936. The predicted molar refractivity (Wildman–Crippen MR) is 142 cm³/mol. The van der Waals surface area contributed by atoms with E-state index in [9.17, 15) is 24.0 Å². The maximum atomic E-state index is 12.1. The van der Waals surface area contributed by atoms with Gasteiger partial charge in [-0.25, -0.2) is 0 Å². The number of thioether (sulfide) groups is 1. The normalized spacial score (nSPS) is 27.6. The highest BCUT2D eigenvalue weighted by molar-refractivity contribution is 8.05. The highest BCUT2D eigenvalue weighted by Gasteiger charge is 2.54. The number of allylic oxidation sites excluding steroid dienone is 1. The van der Waals surface area contributed by atoms with Crippen molar-refractivity contribution in [1.29, 1.82) is 0 Å². The predicted octanol–water partition coefficient (Wildman–Crippen LogP) is 3.09. The lowest BCUT2D eigenvalue weighted by Crippen LogP contribution is -2.62. The van der Waals surface area contributed by atoms with Crippen LogP contribution in [0, 0.1) is 5.92 Å². The first-order valence-electron chi connectivity index (χ1n) is 12.4. The van der Waals surface area contributed by atoms with E-state index in [4.69, 9.17) is 40.0 Å². The maximum absolute atomic E-state index is 12.1. The highest BCUT2D eigenvalue weighted by atomic mass is 35.5. The van der Waals surface area contributed by atoms with Crippen molar-refractivity contribution in [3.05, 3.63) is 40.8 Å². The molecule has 0 aromatic heterocycles. The number of esters is 5. The van der Waals surface area contributed by atoms with Gasteiger partial charge in [0, 0.05) is 45.4 Å². The molecule has 0 amide bonds. The summed E-state index contributed by atoms with van der Waals surface area (Å²) >= 11 is 8.00. The minimum absolute atomic E-state index is 0.173. The van der Waals surface area contributed by atoms with Crippen LogP contribution in [-0.2, 0) is 54.1 Å². The monoisotopic (exact) mass is 598 g/mol. The van der Waals surface area contributed by atoms with E-state index in [1.807, 2.05) is 18.2 Å². The van der Waals surface area contributed by atoms with Crippen LogP contribution in [0.2, 0.25) is 0 Å². The largest absolute Gasteiger partial charge is 0.463 e. The number of hydrogen-bond donors (Lipinski definition) is 0. The lowest BCUT2D eigenvalue weighted by atomic mass is 9.92. The first-order valence-corrected chi connectivity index (χ1v) is 13.8. The van der Waals surface area contributed by atoms with Gasteiger partial charge in [-0.15, -0.1) is 23.4 Å². The van der Waals surface area contributed by atoms with E-state index < -0.39 is 65.1 Å². The smallest absolute Gasteiger partial charge is 0.308 e. The first kappa shape index (κ1) is 31.4. The lowest BCUT2D eigenvalue weighted by Gasteiger charge is -2.44. The third kappa shape index (κ3) is 8.70. The molecular formula is C27H31ClO11S. The SMILES string of the molecule is CC(=O)OCC1OC(C2=CC(Cc3ccc(OC(C)=O)cc3)C(Cl)S2)C(OC(C)=O)C(OC(C)=O)C1OC(C)=O. The zero-order valence-corrected chi connectivity index (χ0v) is 24.2. The Morgan fingerprint density at radius 3 is 1.93 bits per heavy atom. The zero-order chi connectivity index (χ0) is 29.6. The van der Waals surface area contributed by atoms with Gasteiger partial charge in [-0.05, 0) is 24.1 Å². The summed E-state index contributed by atoms with van der Waals surface area (Å²) < 4.78 is 32.5. The topological polar surface area (TPSA) is 141 Å². The van der Waals surface area contributed by atoms with Gasteiger partial charge in [-0.3, -0.25) is 24.0 Å². The number of rotatable bonds is 9. The van der Waals surface area contributed by atoms with Crippen LogP contribution in [0.1, 0.15) is 40.2 Å². The van der Waals surface area contributed by atoms with E-state index in [-0.39, 0.29) is 12.5 Å². The molecule has 1 aromatic rings. The second kappa shape index (κ2) is 14.0. The average Bonchev–Trinajstić information content (AvgIpc) is 3.20. The third-order valence-corrected chi connectivity index (χ3v) is 7.70. The molecule has 1 aromatic carbocycles. The fraction of sp³-hybridized carbons (Fsp3) is 0.519. The molecule has 7 unspecified atom stereocenters. The lowest BCUT2D eigenvalue weighted by molar-refractivity contribution is -0.245. The van der Waals surface area contributed by atoms with E-state index in [0.717, 1.165) is 12.5 Å². The van der Waals surface area contributed by atoms with Crippen molar-refractivity contribution < 1.29 is 52.4 Å². The number of carbonyl (C=O) groups excluding carboxylic acids is 5. The van der Waals surface area contributed by atoms with Crippen LogP contribution < -0.4 is 4.74 Å². The molecule has 0 saturated carbocycles. The van der Waals surface area contributed by atoms with E-state index in [0.29, 0.717) is 17.1 Å². The molecule has 2 aliphatic heterocycles. The highest BCUT2D eigenvalue weighted by Crippen LogP contribution is 2.46. The number of hydrogen-bond acceptors (Lipinski definition) is 12. The first-order chi connectivity index (χ1) is 18.8. The van der Waals surface area contributed by atoms with Gasteiger partial charge in [0.15, 0.2) is 18.3 Å². The molecule has 0 aliphatic carbocycles. The number of carbonyl (C=O) groups is 5. The van der Waals surface area contributed by atoms with Gasteiger partial charge in [0.05, 0.1) is 4.71 Å². The Bertz CT molecular complexity index is 1150. The molecule has 0 spiro atoms. The summed E-state index contributed by atoms with van der Waals surface area (Å²) in [5.74, 6) is -2.84. The Balaban J connectivity index is 1.93. The quantitative estimate of drug-likeness (QED) is 0.178. The summed E-state index contributed by atoms with van der Waals surface area (Å²) in [7, 11) is 0. The van der Waals surface area contributed by atoms with Crippen molar-refractivity contribution >= 4 is 53.2 Å². The van der Waals surface area contributed by atoms with Gasteiger partial charge < -0.3 is 28.4 Å². The molecule has 218 valence electrons. The molecule has 3 rings (SSSR count). The third-order valence-electron chi connectivity index (χ3n) is 5.89. The zero-order valence-electron chi connectivity index (χ0n) is 22.6. The summed E-state index contributed by atoms with van der Waals surface area (Å²) in [4.78, 5) is 59.5. The van der Waals surface area contributed by atoms with Gasteiger partial charge in [0.1, 0.15) is 24.6 Å². The van der Waals surface area contributed by atoms with Crippen LogP contribution in [-0.4, -0.2) is 71.7 Å². The number of benzene rings is 1. The second-order valence-electron chi connectivity index (χ2n) is 9.26. The second-order valence-corrected chi connectivity index (χ2v) is 11.2. The molecule has 2 heterocycles. The molecule has 0 radical (unpaired) electrons. The number of alkyl halides is 1. The van der Waals surface area contributed by atoms with Crippen LogP contribution in [0.5, 0.6) is 5.75 Å². The van der Waals surface area contributed by atoms with E-state index >= 15 is 0 Å². The minimum Gasteiger partial charge on any atom is -0.463 e. The van der Waals surface area contributed by atoms with Gasteiger partial charge in [-0.2, -0.15) is 0 Å². The van der Waals surface area contributed by atoms with Crippen molar-refractivity contribution in [2.24, 2.45) is 5.92 Å². The maximum Gasteiger partial charge on any atom is 0.308 e. The molecule has 40 heavy (non-hydrogen) atoms. The molecule has 11 nitrogen and oxygen atoms in total. The van der Waals surface area contributed by atoms with Crippen LogP contribution in [0.15, 0.2) is 35.2 Å². The summed E-state index contributed by atoms with van der Waals surface area (Å²) in [6.07, 6.45) is -3.26. The van der Waals surface area contributed by atoms with Gasteiger partial charge in [0.25, 0.3) is 0 Å². The summed E-state index contributed by atoms with van der Waals surface area (Å²) in [6.45, 7) is 5.75. The Hall–Kier alpha value is -3.09. The van der Waals surface area contributed by atoms with Crippen LogP contribution in [0.3, 0.4) is 0 Å². The fourth-order valence-electron chi connectivity index (χ4n) is 4.45. The molecule has 0 N–H and O–H groups in total. The van der Waals surface area contributed by atoms with Crippen molar-refractivity contribution in [1.82, 2.24) is 0 Å². The Morgan fingerprint density at radius 1 is 0.800 bits per heavy atom. The Morgan fingerprint density at radius 2 is 1.38 bits per heavy atom. The molecule has 0 bridgehead atoms. The number of ether oxygens (including phenoxy) is 6. The minimum atomic E-state index is -1.26. The molecule has 7 atom stereocenters. The van der Waals surface area contributed by atoms with Crippen LogP contribution >= 0.6 is 23.4 Å². The molecule has 13 heteroatoms. The van der Waals surface area contributed by atoms with Crippen molar-refractivity contribution in [2.75, 3.05) is 6.61 Å². The van der Waals surface area contributed by atoms with Gasteiger partial charge in [-0.1, -0.05) is 18.2 Å². The molecular weight excluding hydrogens is 568 g/mol. The number of halogens is 1. The summed E-state index contributed by atoms with van der Waals surface area (Å²) in [5, 5.41) is 0. The van der Waals surface area contributed by atoms with Crippen molar-refractivity contribution in [3.8, 4) is 5.75 Å². The summed E-state index contributed by atoms with van der Waals surface area (Å²) in [6, 6.07) is 7.03. The Labute approximate surface area is 240 Å². The molecule has 1 fully saturated rings. The van der Waals surface area contributed by atoms with Crippen LogP contribution in [0.4, 0.5) is 0 Å². The Kier molecular flexibility index (Phi) is 11.0. The van der Waals surface area contributed by atoms with Crippen molar-refractivity contribution in [3.63, 3.8) is 0 Å². The van der Waals surface area contributed by atoms with E-state index in [1.165, 1.54) is 39.5 Å². The van der Waals surface area contributed by atoms with Crippen molar-refractivity contribution in [2.45, 2.75) is 76.3 Å². The van der Waals surface area contributed by atoms with E-state index in [1.54, 1.807) is 12.1 Å². The standard InChI is InChI=1S/C27H31ClO11S/c1-13(29)34-12-21-23(36-15(3)31)25(37-16(4)32)26(38-17(5)33)24(39-21)22-11-19(27(28)40-22)10-18-6-8-20(9-7-18)35-14(2)30/h6-9,11,19,21,23-27H,10,12H2,1-5H3. The van der Waals surface area contributed by atoms with Crippen LogP contribution in [0.25, 0.3) is 0 Å². The van der Waals surface area contributed by atoms with Gasteiger partial charge in [0.2, 0.25) is 0 Å². The van der Waals surface area contributed by atoms with E-state index in [2.05, 4.69) is 0 Å². The molecule has 1 saturated heterocycles.